The molecule has 2 rings (SSSR count). The molecule has 104 valence electrons. The molecule has 0 saturated carbocycles. The predicted octanol–water partition coefficient (Wildman–Crippen LogP) is 3.68. The second kappa shape index (κ2) is 6.66. The number of hydrogen-bond donors (Lipinski definition) is 0. The molecule has 1 aromatic carbocycles. The second-order valence-corrected chi connectivity index (χ2v) is 5.61. The quantitative estimate of drug-likeness (QED) is 0.855. The van der Waals surface area contributed by atoms with Gasteiger partial charge in [0, 0.05) is 24.3 Å². The zero-order chi connectivity index (χ0) is 14.5. The minimum Gasteiger partial charge on any atom is -0.336 e. The summed E-state index contributed by atoms with van der Waals surface area (Å²) in [6, 6.07) is 11.9. The highest BCUT2D eigenvalue weighted by molar-refractivity contribution is 9.10. The first kappa shape index (κ1) is 14.7. The monoisotopic (exact) mass is 332 g/mol. The number of aryl methyl sites for hydroxylation is 1. The minimum absolute atomic E-state index is 0.0722. The van der Waals surface area contributed by atoms with Crippen molar-refractivity contribution in [2.75, 3.05) is 7.05 Å². The van der Waals surface area contributed by atoms with E-state index < -0.39 is 0 Å². The standard InChI is InChI=1S/C16H17BrN2O/c1-3-12-4-6-13(7-5-12)11-19(2)16(20)15-9-8-14(17)10-18-15/h4-10H,3,11H2,1-2H3. The van der Waals surface area contributed by atoms with Crippen molar-refractivity contribution in [2.24, 2.45) is 0 Å². The fourth-order valence-corrected chi connectivity index (χ4v) is 2.16. The molecule has 0 aliphatic rings. The number of rotatable bonds is 4. The highest BCUT2D eigenvalue weighted by Crippen LogP contribution is 2.11. The number of amides is 1. The Morgan fingerprint density at radius 3 is 2.35 bits per heavy atom. The average molecular weight is 333 g/mol. The Hall–Kier alpha value is -1.68. The van der Waals surface area contributed by atoms with Crippen molar-refractivity contribution in [1.29, 1.82) is 0 Å². The van der Waals surface area contributed by atoms with Gasteiger partial charge in [0.25, 0.3) is 5.91 Å². The topological polar surface area (TPSA) is 33.2 Å². The van der Waals surface area contributed by atoms with Gasteiger partial charge in [-0.05, 0) is 45.6 Å². The molecule has 0 bridgehead atoms. The molecule has 0 atom stereocenters. The van der Waals surface area contributed by atoms with Crippen LogP contribution in [-0.4, -0.2) is 22.8 Å². The average Bonchev–Trinajstić information content (AvgIpc) is 2.48. The molecule has 0 aliphatic carbocycles. The van der Waals surface area contributed by atoms with Gasteiger partial charge < -0.3 is 4.90 Å². The molecule has 0 fully saturated rings. The van der Waals surface area contributed by atoms with Crippen molar-refractivity contribution in [3.8, 4) is 0 Å². The zero-order valence-corrected chi connectivity index (χ0v) is 13.2. The van der Waals surface area contributed by atoms with E-state index in [-0.39, 0.29) is 5.91 Å². The van der Waals surface area contributed by atoms with Crippen LogP contribution >= 0.6 is 15.9 Å². The highest BCUT2D eigenvalue weighted by atomic mass is 79.9. The number of carbonyl (C=O) groups is 1. The molecular formula is C16H17BrN2O. The third-order valence-corrected chi connectivity index (χ3v) is 3.61. The molecule has 1 aromatic heterocycles. The van der Waals surface area contributed by atoms with Gasteiger partial charge in [-0.3, -0.25) is 4.79 Å². The van der Waals surface area contributed by atoms with Crippen molar-refractivity contribution >= 4 is 21.8 Å². The van der Waals surface area contributed by atoms with Crippen molar-refractivity contribution in [2.45, 2.75) is 19.9 Å². The smallest absolute Gasteiger partial charge is 0.272 e. The third kappa shape index (κ3) is 3.67. The van der Waals surface area contributed by atoms with Crippen LogP contribution in [-0.2, 0) is 13.0 Å². The number of carbonyl (C=O) groups excluding carboxylic acids is 1. The molecule has 1 amide bonds. The summed E-state index contributed by atoms with van der Waals surface area (Å²) in [5.41, 5.74) is 2.88. The maximum absolute atomic E-state index is 12.2. The van der Waals surface area contributed by atoms with E-state index in [1.807, 2.05) is 6.07 Å². The summed E-state index contributed by atoms with van der Waals surface area (Å²) in [4.78, 5) is 18.0. The molecule has 3 nitrogen and oxygen atoms in total. The number of hydrogen-bond acceptors (Lipinski definition) is 2. The summed E-state index contributed by atoms with van der Waals surface area (Å²) < 4.78 is 0.867. The van der Waals surface area contributed by atoms with E-state index in [1.54, 1.807) is 24.2 Å². The predicted molar refractivity (Wildman–Crippen MR) is 83.6 cm³/mol. The molecule has 0 unspecified atom stereocenters. The van der Waals surface area contributed by atoms with Crippen LogP contribution in [0.3, 0.4) is 0 Å². The van der Waals surface area contributed by atoms with E-state index in [2.05, 4.69) is 52.1 Å². The number of aromatic nitrogens is 1. The number of halogens is 1. The Labute approximate surface area is 127 Å². The van der Waals surface area contributed by atoms with Gasteiger partial charge in [-0.25, -0.2) is 4.98 Å². The molecule has 0 radical (unpaired) electrons. The van der Waals surface area contributed by atoms with E-state index in [9.17, 15) is 4.79 Å². The summed E-state index contributed by atoms with van der Waals surface area (Å²) in [7, 11) is 1.79. The SMILES string of the molecule is CCc1ccc(CN(C)C(=O)c2ccc(Br)cn2)cc1. The summed E-state index contributed by atoms with van der Waals surface area (Å²) in [5.74, 6) is -0.0722. The van der Waals surface area contributed by atoms with E-state index in [0.29, 0.717) is 12.2 Å². The molecule has 0 saturated heterocycles. The Morgan fingerprint density at radius 2 is 1.80 bits per heavy atom. The lowest BCUT2D eigenvalue weighted by atomic mass is 10.1. The lowest BCUT2D eigenvalue weighted by Crippen LogP contribution is -2.26. The first-order valence-corrected chi connectivity index (χ1v) is 7.34. The summed E-state index contributed by atoms with van der Waals surface area (Å²) >= 11 is 3.31. The maximum Gasteiger partial charge on any atom is 0.272 e. The zero-order valence-electron chi connectivity index (χ0n) is 11.6. The molecule has 0 spiro atoms. The Morgan fingerprint density at radius 1 is 1.15 bits per heavy atom. The largest absolute Gasteiger partial charge is 0.336 e. The van der Waals surface area contributed by atoms with Crippen LogP contribution in [0.5, 0.6) is 0 Å². The van der Waals surface area contributed by atoms with Gasteiger partial charge in [-0.1, -0.05) is 31.2 Å². The summed E-state index contributed by atoms with van der Waals surface area (Å²) in [6.07, 6.45) is 2.66. The molecule has 1 heterocycles. The van der Waals surface area contributed by atoms with Crippen LogP contribution in [0.25, 0.3) is 0 Å². The Balaban J connectivity index is 2.04. The van der Waals surface area contributed by atoms with Gasteiger partial charge in [0.1, 0.15) is 5.69 Å². The molecule has 4 heteroatoms. The van der Waals surface area contributed by atoms with E-state index in [4.69, 9.17) is 0 Å². The molecule has 2 aromatic rings. The van der Waals surface area contributed by atoms with Crippen LogP contribution in [0, 0.1) is 0 Å². The molecule has 20 heavy (non-hydrogen) atoms. The van der Waals surface area contributed by atoms with E-state index in [1.165, 1.54) is 5.56 Å². The van der Waals surface area contributed by atoms with Gasteiger partial charge in [0.05, 0.1) is 0 Å². The number of pyridine rings is 1. The van der Waals surface area contributed by atoms with Crippen molar-refractivity contribution < 1.29 is 4.79 Å². The van der Waals surface area contributed by atoms with Crippen molar-refractivity contribution in [3.05, 3.63) is 63.9 Å². The van der Waals surface area contributed by atoms with Crippen LogP contribution < -0.4 is 0 Å². The van der Waals surface area contributed by atoms with E-state index in [0.717, 1.165) is 16.5 Å². The second-order valence-electron chi connectivity index (χ2n) is 4.69. The van der Waals surface area contributed by atoms with Gasteiger partial charge in [-0.2, -0.15) is 0 Å². The normalized spacial score (nSPS) is 10.3. The van der Waals surface area contributed by atoms with Gasteiger partial charge >= 0.3 is 0 Å². The molecule has 0 aliphatic heterocycles. The van der Waals surface area contributed by atoms with E-state index >= 15 is 0 Å². The number of benzene rings is 1. The van der Waals surface area contributed by atoms with Crippen LogP contribution in [0.2, 0.25) is 0 Å². The lowest BCUT2D eigenvalue weighted by molar-refractivity contribution is 0.0779. The number of nitrogens with zero attached hydrogens (tertiary/aromatic N) is 2. The first-order valence-electron chi connectivity index (χ1n) is 6.55. The Bertz CT molecular complexity index is 578. The van der Waals surface area contributed by atoms with Crippen LogP contribution in [0.1, 0.15) is 28.5 Å². The highest BCUT2D eigenvalue weighted by Gasteiger charge is 2.13. The minimum atomic E-state index is -0.0722. The molecular weight excluding hydrogens is 316 g/mol. The van der Waals surface area contributed by atoms with Gasteiger partial charge in [-0.15, -0.1) is 0 Å². The lowest BCUT2D eigenvalue weighted by Gasteiger charge is -2.17. The fourth-order valence-electron chi connectivity index (χ4n) is 1.92. The summed E-state index contributed by atoms with van der Waals surface area (Å²) in [5, 5.41) is 0. The fraction of sp³-hybridized carbons (Fsp3) is 0.250. The third-order valence-electron chi connectivity index (χ3n) is 3.14. The Kier molecular flexibility index (Phi) is 4.90. The van der Waals surface area contributed by atoms with Gasteiger partial charge in [0.2, 0.25) is 0 Å². The first-order chi connectivity index (χ1) is 9.60. The van der Waals surface area contributed by atoms with Crippen molar-refractivity contribution in [1.82, 2.24) is 9.88 Å². The molecule has 0 N–H and O–H groups in total. The maximum atomic E-state index is 12.2. The summed E-state index contributed by atoms with van der Waals surface area (Å²) in [6.45, 7) is 2.71. The van der Waals surface area contributed by atoms with Crippen molar-refractivity contribution in [3.63, 3.8) is 0 Å². The van der Waals surface area contributed by atoms with Gasteiger partial charge in [0.15, 0.2) is 0 Å². The van der Waals surface area contributed by atoms with Crippen LogP contribution in [0.4, 0.5) is 0 Å². The van der Waals surface area contributed by atoms with Crippen LogP contribution in [0.15, 0.2) is 47.1 Å².